The van der Waals surface area contributed by atoms with E-state index < -0.39 is 10.0 Å². The molecule has 0 atom stereocenters. The number of hydrogen-bond acceptors (Lipinski definition) is 4. The van der Waals surface area contributed by atoms with Crippen LogP contribution in [0.2, 0.25) is 0 Å². The molecule has 0 aliphatic carbocycles. The van der Waals surface area contributed by atoms with Gasteiger partial charge in [-0.15, -0.1) is 11.3 Å². The van der Waals surface area contributed by atoms with Crippen LogP contribution in [0.4, 0.5) is 5.69 Å². The van der Waals surface area contributed by atoms with Crippen LogP contribution in [0.1, 0.15) is 15.9 Å². The standard InChI is InChI=1S/C18H15BrN2O3S2/c19-16-10-11-17(25-16)26(23,24)21-15-9-5-4-8-14(15)18(22)20-12-13-6-2-1-3-7-13/h1-11,21H,12H2,(H,20,22). The molecule has 2 N–H and O–H groups in total. The lowest BCUT2D eigenvalue weighted by atomic mass is 10.1. The second-order valence-corrected chi connectivity index (χ2v) is 9.75. The zero-order valence-electron chi connectivity index (χ0n) is 13.5. The Labute approximate surface area is 164 Å². The fourth-order valence-electron chi connectivity index (χ4n) is 2.28. The molecule has 2 aromatic carbocycles. The number of nitrogens with one attached hydrogen (secondary N) is 2. The molecule has 1 heterocycles. The topological polar surface area (TPSA) is 75.3 Å². The van der Waals surface area contributed by atoms with Crippen LogP contribution in [-0.2, 0) is 16.6 Å². The Kier molecular flexibility index (Phi) is 5.75. The third-order valence-corrected chi connectivity index (χ3v) is 7.01. The molecule has 8 heteroatoms. The molecule has 3 aromatic rings. The predicted molar refractivity (Wildman–Crippen MR) is 107 cm³/mol. The van der Waals surface area contributed by atoms with E-state index in [1.807, 2.05) is 30.3 Å². The Morgan fingerprint density at radius 2 is 1.65 bits per heavy atom. The molecule has 0 fully saturated rings. The van der Waals surface area contributed by atoms with E-state index in [2.05, 4.69) is 26.0 Å². The summed E-state index contributed by atoms with van der Waals surface area (Å²) in [6, 6.07) is 19.2. The summed E-state index contributed by atoms with van der Waals surface area (Å²) in [4.78, 5) is 12.5. The third-order valence-electron chi connectivity index (χ3n) is 3.53. The van der Waals surface area contributed by atoms with Crippen LogP contribution < -0.4 is 10.0 Å². The summed E-state index contributed by atoms with van der Waals surface area (Å²) in [6.07, 6.45) is 0. The number of benzene rings is 2. The molecule has 1 aromatic heterocycles. The average molecular weight is 451 g/mol. The van der Waals surface area contributed by atoms with Gasteiger partial charge in [0.25, 0.3) is 15.9 Å². The summed E-state index contributed by atoms with van der Waals surface area (Å²) < 4.78 is 28.4. The number of thiophene rings is 1. The maximum atomic E-state index is 12.5. The number of hydrogen-bond donors (Lipinski definition) is 2. The minimum Gasteiger partial charge on any atom is -0.348 e. The summed E-state index contributed by atoms with van der Waals surface area (Å²) in [5, 5.41) is 2.81. The summed E-state index contributed by atoms with van der Waals surface area (Å²) in [6.45, 7) is 0.360. The molecule has 0 radical (unpaired) electrons. The van der Waals surface area contributed by atoms with Gasteiger partial charge in [0.1, 0.15) is 4.21 Å². The first-order valence-electron chi connectivity index (χ1n) is 7.65. The van der Waals surface area contributed by atoms with Crippen LogP contribution >= 0.6 is 27.3 Å². The van der Waals surface area contributed by atoms with Gasteiger partial charge in [-0.05, 0) is 45.8 Å². The van der Waals surface area contributed by atoms with Crippen LogP contribution in [0.3, 0.4) is 0 Å². The van der Waals surface area contributed by atoms with Crippen LogP contribution in [0.25, 0.3) is 0 Å². The van der Waals surface area contributed by atoms with Crippen molar-refractivity contribution in [2.75, 3.05) is 4.72 Å². The van der Waals surface area contributed by atoms with E-state index in [1.165, 1.54) is 6.07 Å². The van der Waals surface area contributed by atoms with E-state index in [0.29, 0.717) is 10.3 Å². The summed E-state index contributed by atoms with van der Waals surface area (Å²) >= 11 is 4.35. The smallest absolute Gasteiger partial charge is 0.271 e. The molecular formula is C18H15BrN2O3S2. The summed E-state index contributed by atoms with van der Waals surface area (Å²) in [7, 11) is -3.76. The normalized spacial score (nSPS) is 11.1. The number of anilines is 1. The van der Waals surface area contributed by atoms with Crippen LogP contribution in [0.15, 0.2) is 74.7 Å². The maximum Gasteiger partial charge on any atom is 0.271 e. The molecule has 0 spiro atoms. The van der Waals surface area contributed by atoms with Crippen molar-refractivity contribution in [3.63, 3.8) is 0 Å². The van der Waals surface area contributed by atoms with Gasteiger partial charge in [0.15, 0.2) is 0 Å². The zero-order chi connectivity index (χ0) is 18.6. The minimum absolute atomic E-state index is 0.170. The average Bonchev–Trinajstić information content (AvgIpc) is 3.08. The SMILES string of the molecule is O=C(NCc1ccccc1)c1ccccc1NS(=O)(=O)c1ccc(Br)s1. The van der Waals surface area contributed by atoms with E-state index in [1.54, 1.807) is 30.3 Å². The number of carbonyl (C=O) groups excluding carboxylic acids is 1. The minimum atomic E-state index is -3.76. The maximum absolute atomic E-state index is 12.5. The largest absolute Gasteiger partial charge is 0.348 e. The monoisotopic (exact) mass is 450 g/mol. The summed E-state index contributed by atoms with van der Waals surface area (Å²) in [5.74, 6) is -0.348. The van der Waals surface area contributed by atoms with Crippen molar-refractivity contribution in [2.24, 2.45) is 0 Å². The van der Waals surface area contributed by atoms with Gasteiger partial charge >= 0.3 is 0 Å². The van der Waals surface area contributed by atoms with Gasteiger partial charge in [-0.1, -0.05) is 42.5 Å². The molecule has 1 amide bonds. The van der Waals surface area contributed by atoms with Crippen molar-refractivity contribution < 1.29 is 13.2 Å². The van der Waals surface area contributed by atoms with E-state index >= 15 is 0 Å². The molecule has 0 aliphatic heterocycles. The first kappa shape index (κ1) is 18.6. The Morgan fingerprint density at radius 3 is 2.35 bits per heavy atom. The van der Waals surface area contributed by atoms with Crippen LogP contribution in [-0.4, -0.2) is 14.3 Å². The Balaban J connectivity index is 1.78. The fourth-order valence-corrected chi connectivity index (χ4v) is 5.37. The molecule has 3 rings (SSSR count). The number of halogens is 1. The van der Waals surface area contributed by atoms with Gasteiger partial charge in [-0.2, -0.15) is 0 Å². The quantitative estimate of drug-likeness (QED) is 0.589. The highest BCUT2D eigenvalue weighted by molar-refractivity contribution is 9.11. The van der Waals surface area contributed by atoms with E-state index in [9.17, 15) is 13.2 Å². The summed E-state index contributed by atoms with van der Waals surface area (Å²) in [5.41, 5.74) is 1.47. The first-order chi connectivity index (χ1) is 12.5. The number of sulfonamides is 1. The zero-order valence-corrected chi connectivity index (χ0v) is 16.7. The van der Waals surface area contributed by atoms with Crippen LogP contribution in [0, 0.1) is 0 Å². The molecule has 0 saturated heterocycles. The van der Waals surface area contributed by atoms with E-state index in [0.717, 1.165) is 16.9 Å². The molecule has 0 unspecified atom stereocenters. The highest BCUT2D eigenvalue weighted by Crippen LogP contribution is 2.28. The molecule has 0 bridgehead atoms. The third kappa shape index (κ3) is 4.51. The van der Waals surface area contributed by atoms with Gasteiger partial charge in [-0.3, -0.25) is 9.52 Å². The van der Waals surface area contributed by atoms with Crippen LogP contribution in [0.5, 0.6) is 0 Å². The number of carbonyl (C=O) groups is 1. The van der Waals surface area contributed by atoms with Crippen molar-refractivity contribution in [1.82, 2.24) is 5.32 Å². The molecular weight excluding hydrogens is 436 g/mol. The molecule has 0 aliphatic rings. The molecule has 26 heavy (non-hydrogen) atoms. The van der Waals surface area contributed by atoms with Gasteiger partial charge in [0.2, 0.25) is 0 Å². The second kappa shape index (κ2) is 8.03. The highest BCUT2D eigenvalue weighted by atomic mass is 79.9. The lowest BCUT2D eigenvalue weighted by Crippen LogP contribution is -2.24. The predicted octanol–water partition coefficient (Wildman–Crippen LogP) is 4.24. The Morgan fingerprint density at radius 1 is 0.962 bits per heavy atom. The van der Waals surface area contributed by atoms with Gasteiger partial charge in [-0.25, -0.2) is 8.42 Å². The lowest BCUT2D eigenvalue weighted by Gasteiger charge is -2.12. The van der Waals surface area contributed by atoms with Crippen molar-refractivity contribution in [1.29, 1.82) is 0 Å². The van der Waals surface area contributed by atoms with E-state index in [4.69, 9.17) is 0 Å². The number of rotatable bonds is 6. The Hall–Kier alpha value is -2.16. The highest BCUT2D eigenvalue weighted by Gasteiger charge is 2.20. The molecule has 0 saturated carbocycles. The number of amides is 1. The van der Waals surface area contributed by atoms with Crippen molar-refractivity contribution in [3.05, 3.63) is 81.6 Å². The fraction of sp³-hybridized carbons (Fsp3) is 0.0556. The number of para-hydroxylation sites is 1. The second-order valence-electron chi connectivity index (χ2n) is 5.38. The Bertz CT molecular complexity index is 1020. The molecule has 5 nitrogen and oxygen atoms in total. The van der Waals surface area contributed by atoms with Crippen molar-refractivity contribution in [2.45, 2.75) is 10.8 Å². The lowest BCUT2D eigenvalue weighted by molar-refractivity contribution is 0.0952. The molecule has 134 valence electrons. The van der Waals surface area contributed by atoms with Gasteiger partial charge < -0.3 is 5.32 Å². The van der Waals surface area contributed by atoms with Gasteiger partial charge in [0, 0.05) is 6.54 Å². The van der Waals surface area contributed by atoms with Crippen molar-refractivity contribution >= 4 is 48.9 Å². The van der Waals surface area contributed by atoms with Gasteiger partial charge in [0.05, 0.1) is 15.0 Å². The van der Waals surface area contributed by atoms with E-state index in [-0.39, 0.29) is 21.4 Å². The first-order valence-corrected chi connectivity index (χ1v) is 10.7. The van der Waals surface area contributed by atoms with Crippen molar-refractivity contribution in [3.8, 4) is 0 Å².